The third-order valence-electron chi connectivity index (χ3n) is 1.37. The lowest BCUT2D eigenvalue weighted by atomic mass is 10.2. The van der Waals surface area contributed by atoms with Gasteiger partial charge >= 0.3 is 0 Å². The highest BCUT2D eigenvalue weighted by atomic mass is 14.6. The topological polar surface area (TPSA) is 28.1 Å². The van der Waals surface area contributed by atoms with Crippen molar-refractivity contribution < 1.29 is 0 Å². The van der Waals surface area contributed by atoms with Crippen LogP contribution in [0.1, 0.15) is 5.56 Å². The van der Waals surface area contributed by atoms with Gasteiger partial charge in [0.15, 0.2) is 5.69 Å². The first-order valence-corrected chi connectivity index (χ1v) is 3.40. The molecule has 56 valence electrons. The van der Waals surface area contributed by atoms with E-state index in [1.165, 1.54) is 6.08 Å². The fourth-order valence-electron chi connectivity index (χ4n) is 0.793. The molecule has 0 aliphatic carbocycles. The molecule has 1 aromatic carbocycles. The van der Waals surface area contributed by atoms with Crippen molar-refractivity contribution in [3.05, 3.63) is 47.3 Å². The van der Waals surface area contributed by atoms with Crippen LogP contribution in [0.2, 0.25) is 0 Å². The second-order valence-electron chi connectivity index (χ2n) is 2.17. The molecule has 2 nitrogen and oxygen atoms in total. The van der Waals surface area contributed by atoms with E-state index < -0.39 is 0 Å². The van der Waals surface area contributed by atoms with Crippen LogP contribution in [0.3, 0.4) is 0 Å². The van der Waals surface area contributed by atoms with E-state index in [2.05, 4.69) is 4.85 Å². The van der Waals surface area contributed by atoms with E-state index in [0.717, 1.165) is 5.56 Å². The highest BCUT2D eigenvalue weighted by Gasteiger charge is 1.88. The second-order valence-corrected chi connectivity index (χ2v) is 2.17. The Morgan fingerprint density at radius 3 is 2.50 bits per heavy atom. The predicted molar refractivity (Wildman–Crippen MR) is 47.4 cm³/mol. The third kappa shape index (κ3) is 1.97. The molecule has 0 saturated carbocycles. The number of rotatable bonds is 1. The van der Waals surface area contributed by atoms with Crippen LogP contribution in [0, 0.1) is 17.9 Å². The Morgan fingerprint density at radius 1 is 1.33 bits per heavy atom. The third-order valence-corrected chi connectivity index (χ3v) is 1.37. The molecule has 0 heterocycles. The van der Waals surface area contributed by atoms with Crippen LogP contribution in [0.4, 0.5) is 5.69 Å². The summed E-state index contributed by atoms with van der Waals surface area (Å²) in [6, 6.07) is 8.97. The molecule has 0 saturated heterocycles. The zero-order chi connectivity index (χ0) is 8.81. The summed E-state index contributed by atoms with van der Waals surface area (Å²) in [6.45, 7) is 6.71. The van der Waals surface area contributed by atoms with Crippen molar-refractivity contribution in [3.8, 4) is 6.07 Å². The molecule has 0 bridgehead atoms. The fraction of sp³-hybridized carbons (Fsp3) is 0. The monoisotopic (exact) mass is 154 g/mol. The highest BCUT2D eigenvalue weighted by Crippen LogP contribution is 2.13. The van der Waals surface area contributed by atoms with Crippen molar-refractivity contribution in [1.29, 1.82) is 5.26 Å². The Balaban J connectivity index is 2.88. The summed E-state index contributed by atoms with van der Waals surface area (Å²) in [5, 5.41) is 8.24. The van der Waals surface area contributed by atoms with E-state index in [4.69, 9.17) is 11.8 Å². The molecule has 1 rings (SSSR count). The molecule has 0 fully saturated rings. The maximum atomic E-state index is 8.24. The Kier molecular flexibility index (Phi) is 2.65. The maximum absolute atomic E-state index is 8.24. The summed E-state index contributed by atoms with van der Waals surface area (Å²) in [6.07, 6.45) is 3.11. The van der Waals surface area contributed by atoms with Crippen LogP contribution in [-0.2, 0) is 0 Å². The first kappa shape index (κ1) is 8.04. The predicted octanol–water partition coefficient (Wildman–Crippen LogP) is 2.77. The van der Waals surface area contributed by atoms with Crippen molar-refractivity contribution in [2.75, 3.05) is 0 Å². The lowest BCUT2D eigenvalue weighted by molar-refractivity contribution is 1.54. The van der Waals surface area contributed by atoms with E-state index in [-0.39, 0.29) is 0 Å². The van der Waals surface area contributed by atoms with Gasteiger partial charge in [-0.15, -0.1) is 0 Å². The van der Waals surface area contributed by atoms with Crippen LogP contribution in [-0.4, -0.2) is 0 Å². The molecule has 0 atom stereocenters. The van der Waals surface area contributed by atoms with Gasteiger partial charge in [0, 0.05) is 6.08 Å². The second kappa shape index (κ2) is 3.95. The molecule has 2 heteroatoms. The Morgan fingerprint density at radius 2 is 2.00 bits per heavy atom. The number of nitriles is 1. The van der Waals surface area contributed by atoms with Crippen molar-refractivity contribution in [2.24, 2.45) is 0 Å². The first-order valence-electron chi connectivity index (χ1n) is 3.40. The van der Waals surface area contributed by atoms with Gasteiger partial charge in [0.1, 0.15) is 0 Å². The minimum absolute atomic E-state index is 0.615. The Labute approximate surface area is 71.2 Å². The minimum Gasteiger partial charge on any atom is -0.238 e. The van der Waals surface area contributed by atoms with Crippen LogP contribution >= 0.6 is 0 Å². The van der Waals surface area contributed by atoms with E-state index in [9.17, 15) is 0 Å². The van der Waals surface area contributed by atoms with E-state index >= 15 is 0 Å². The summed E-state index contributed by atoms with van der Waals surface area (Å²) in [4.78, 5) is 3.25. The van der Waals surface area contributed by atoms with Crippen LogP contribution in [0.15, 0.2) is 30.3 Å². The van der Waals surface area contributed by atoms with Crippen molar-refractivity contribution in [2.45, 2.75) is 0 Å². The van der Waals surface area contributed by atoms with E-state index in [0.29, 0.717) is 5.69 Å². The number of hydrogen-bond acceptors (Lipinski definition) is 1. The lowest BCUT2D eigenvalue weighted by Gasteiger charge is -1.90. The zero-order valence-corrected chi connectivity index (χ0v) is 6.36. The van der Waals surface area contributed by atoms with Crippen molar-refractivity contribution in [1.82, 2.24) is 0 Å². The average molecular weight is 154 g/mol. The number of hydrogen-bond donors (Lipinski definition) is 0. The SMILES string of the molecule is [C-]#[N+]c1ccc(/C=C/C#N)cc1. The number of benzene rings is 1. The lowest BCUT2D eigenvalue weighted by Crippen LogP contribution is -1.68. The molecule has 0 radical (unpaired) electrons. The van der Waals surface area contributed by atoms with Gasteiger partial charge in [-0.1, -0.05) is 24.3 Å². The quantitative estimate of drug-likeness (QED) is 0.451. The maximum Gasteiger partial charge on any atom is 0.187 e. The zero-order valence-electron chi connectivity index (χ0n) is 6.36. The Hall–Kier alpha value is -2.06. The van der Waals surface area contributed by atoms with Gasteiger partial charge in [0.2, 0.25) is 0 Å². The molecule has 0 N–H and O–H groups in total. The van der Waals surface area contributed by atoms with E-state index in [1.807, 2.05) is 6.07 Å². The smallest absolute Gasteiger partial charge is 0.187 e. The average Bonchev–Trinajstić information content (AvgIpc) is 2.15. The molecule has 0 aromatic heterocycles. The normalized spacial score (nSPS) is 9.17. The minimum atomic E-state index is 0.615. The largest absolute Gasteiger partial charge is 0.238 e. The van der Waals surface area contributed by atoms with Gasteiger partial charge in [-0.2, -0.15) is 5.26 Å². The standard InChI is InChI=1S/C10H6N2/c1-12-10-6-4-9(5-7-10)3-2-8-11/h2-7H/b3-2+. The highest BCUT2D eigenvalue weighted by molar-refractivity contribution is 5.56. The van der Waals surface area contributed by atoms with Gasteiger partial charge in [-0.3, -0.25) is 0 Å². The van der Waals surface area contributed by atoms with Crippen molar-refractivity contribution in [3.63, 3.8) is 0 Å². The Bertz CT molecular complexity index is 360. The summed E-state index contributed by atoms with van der Waals surface area (Å²) in [5.74, 6) is 0. The molecule has 1 aromatic rings. The molecular weight excluding hydrogens is 148 g/mol. The van der Waals surface area contributed by atoms with Gasteiger partial charge in [0.05, 0.1) is 12.6 Å². The summed E-state index contributed by atoms with van der Waals surface area (Å²) in [5.41, 5.74) is 1.55. The van der Waals surface area contributed by atoms with Crippen LogP contribution < -0.4 is 0 Å². The molecule has 0 spiro atoms. The summed E-state index contributed by atoms with van der Waals surface area (Å²) in [7, 11) is 0. The van der Waals surface area contributed by atoms with Gasteiger partial charge in [-0.05, 0) is 11.6 Å². The molecule has 0 unspecified atom stereocenters. The molecule has 0 aliphatic heterocycles. The molecule has 0 aliphatic rings. The molecular formula is C10H6N2. The molecule has 0 amide bonds. The fourth-order valence-corrected chi connectivity index (χ4v) is 0.793. The van der Waals surface area contributed by atoms with Gasteiger partial charge in [0.25, 0.3) is 0 Å². The van der Waals surface area contributed by atoms with Gasteiger partial charge < -0.3 is 0 Å². The van der Waals surface area contributed by atoms with Gasteiger partial charge in [-0.25, -0.2) is 4.85 Å². The van der Waals surface area contributed by atoms with Crippen molar-refractivity contribution >= 4 is 11.8 Å². The summed E-state index contributed by atoms with van der Waals surface area (Å²) >= 11 is 0. The van der Waals surface area contributed by atoms with Crippen LogP contribution in [0.25, 0.3) is 10.9 Å². The number of nitrogens with zero attached hydrogens (tertiary/aromatic N) is 2. The summed E-state index contributed by atoms with van der Waals surface area (Å²) < 4.78 is 0. The molecule has 12 heavy (non-hydrogen) atoms. The number of allylic oxidation sites excluding steroid dienone is 1. The first-order chi connectivity index (χ1) is 5.86. The van der Waals surface area contributed by atoms with Crippen LogP contribution in [0.5, 0.6) is 0 Å². The van der Waals surface area contributed by atoms with E-state index in [1.54, 1.807) is 30.3 Å².